The van der Waals surface area contributed by atoms with Gasteiger partial charge in [-0.3, -0.25) is 4.79 Å². The molecule has 0 unspecified atom stereocenters. The number of para-hydroxylation sites is 1. The number of ether oxygens (including phenoxy) is 1. The smallest absolute Gasteiger partial charge is 0.426 e. The van der Waals surface area contributed by atoms with Crippen LogP contribution in [0.4, 0.5) is 0 Å². The lowest BCUT2D eigenvalue weighted by molar-refractivity contribution is -0.136. The fourth-order valence-electron chi connectivity index (χ4n) is 3.45. The highest BCUT2D eigenvalue weighted by atomic mass is 16.7. The molecule has 4 nitrogen and oxygen atoms in total. The van der Waals surface area contributed by atoms with Gasteiger partial charge in [-0.2, -0.15) is 0 Å². The number of hydrogen-bond acceptors (Lipinski definition) is 4. The van der Waals surface area contributed by atoms with Crippen LogP contribution in [0.5, 0.6) is 5.75 Å². The lowest BCUT2D eigenvalue weighted by Gasteiger charge is -2.32. The van der Waals surface area contributed by atoms with Crippen LogP contribution < -0.4 is 4.74 Å². The quantitative estimate of drug-likeness (QED) is 0.452. The third kappa shape index (κ3) is 1.74. The Kier molecular flexibility index (Phi) is 2.48. The molecule has 3 atom stereocenters. The van der Waals surface area contributed by atoms with Gasteiger partial charge in [-0.05, 0) is 39.3 Å². The minimum Gasteiger partial charge on any atom is -0.426 e. The Balaban J connectivity index is 1.65. The highest BCUT2D eigenvalue weighted by Crippen LogP contribution is 2.66. The van der Waals surface area contributed by atoms with Crippen molar-refractivity contribution in [2.24, 2.45) is 5.92 Å². The first-order valence-electron chi connectivity index (χ1n) is 7.48. The van der Waals surface area contributed by atoms with Gasteiger partial charge in [0.2, 0.25) is 0 Å². The highest BCUT2D eigenvalue weighted by molar-refractivity contribution is 6.50. The predicted molar refractivity (Wildman–Crippen MR) is 78.1 cm³/mol. The molecular weight excluding hydrogens is 267 g/mol. The van der Waals surface area contributed by atoms with Crippen LogP contribution in [-0.4, -0.2) is 24.3 Å². The zero-order chi connectivity index (χ0) is 15.0. The average Bonchev–Trinajstić information content (AvgIpc) is 3.09. The van der Waals surface area contributed by atoms with E-state index in [1.807, 2.05) is 52.0 Å². The normalized spacial score (nSPS) is 35.0. The van der Waals surface area contributed by atoms with E-state index in [1.165, 1.54) is 0 Å². The molecule has 110 valence electrons. The van der Waals surface area contributed by atoms with E-state index in [1.54, 1.807) is 0 Å². The molecule has 4 rings (SSSR count). The van der Waals surface area contributed by atoms with E-state index in [2.05, 4.69) is 0 Å². The molecule has 0 spiro atoms. The summed E-state index contributed by atoms with van der Waals surface area (Å²) >= 11 is 0. The molecule has 1 saturated carbocycles. The molecule has 0 amide bonds. The SMILES string of the molecule is CC1(C)OB([C@@H]2[C@@H]3C(=O)Oc4ccccc4[C@H]23)OC1(C)C. The van der Waals surface area contributed by atoms with Crippen LogP contribution >= 0.6 is 0 Å². The minimum atomic E-state index is -0.368. The predicted octanol–water partition coefficient (Wildman–Crippen LogP) is 2.78. The largest absolute Gasteiger partial charge is 0.462 e. The Bertz CT molecular complexity index is 608. The van der Waals surface area contributed by atoms with Crippen LogP contribution in [0.1, 0.15) is 39.2 Å². The van der Waals surface area contributed by atoms with Crippen molar-refractivity contribution in [3.05, 3.63) is 29.8 Å². The summed E-state index contributed by atoms with van der Waals surface area (Å²) in [5, 5.41) is 0. The van der Waals surface area contributed by atoms with Gasteiger partial charge in [0, 0.05) is 11.7 Å². The lowest BCUT2D eigenvalue weighted by Crippen LogP contribution is -2.41. The third-order valence-electron chi connectivity index (χ3n) is 5.42. The van der Waals surface area contributed by atoms with E-state index >= 15 is 0 Å². The summed E-state index contributed by atoms with van der Waals surface area (Å²) in [4.78, 5) is 12.2. The maximum absolute atomic E-state index is 12.2. The van der Waals surface area contributed by atoms with Gasteiger partial charge in [-0.25, -0.2) is 0 Å². The van der Waals surface area contributed by atoms with Crippen molar-refractivity contribution in [1.29, 1.82) is 0 Å². The number of rotatable bonds is 1. The molecule has 0 aromatic heterocycles. The molecule has 0 bridgehead atoms. The van der Waals surface area contributed by atoms with Crippen molar-refractivity contribution in [3.8, 4) is 5.75 Å². The van der Waals surface area contributed by atoms with E-state index in [0.29, 0.717) is 5.75 Å². The Hall–Kier alpha value is -1.33. The third-order valence-corrected chi connectivity index (χ3v) is 5.42. The second-order valence-corrected chi connectivity index (χ2v) is 7.21. The van der Waals surface area contributed by atoms with Gasteiger partial charge < -0.3 is 14.0 Å². The molecule has 2 fully saturated rings. The Labute approximate surface area is 124 Å². The average molecular weight is 286 g/mol. The number of hydrogen-bond donors (Lipinski definition) is 0. The maximum atomic E-state index is 12.2. The van der Waals surface area contributed by atoms with Crippen molar-refractivity contribution >= 4 is 13.1 Å². The number of benzene rings is 1. The van der Waals surface area contributed by atoms with E-state index < -0.39 is 0 Å². The fraction of sp³-hybridized carbons (Fsp3) is 0.562. The van der Waals surface area contributed by atoms with E-state index in [9.17, 15) is 4.79 Å². The van der Waals surface area contributed by atoms with Gasteiger partial charge >= 0.3 is 13.1 Å². The number of fused-ring (bicyclic) bond motifs is 3. The Morgan fingerprint density at radius 3 is 2.29 bits per heavy atom. The zero-order valence-corrected chi connectivity index (χ0v) is 12.8. The van der Waals surface area contributed by atoms with Crippen LogP contribution in [0.25, 0.3) is 0 Å². The van der Waals surface area contributed by atoms with Gasteiger partial charge in [0.1, 0.15) is 5.75 Å². The van der Waals surface area contributed by atoms with Crippen molar-refractivity contribution in [3.63, 3.8) is 0 Å². The maximum Gasteiger partial charge on any atom is 0.462 e. The lowest BCUT2D eigenvalue weighted by atomic mass is 9.79. The van der Waals surface area contributed by atoms with Crippen molar-refractivity contribution < 1.29 is 18.8 Å². The number of carbonyl (C=O) groups is 1. The van der Waals surface area contributed by atoms with Gasteiger partial charge in [0.25, 0.3) is 0 Å². The summed E-state index contributed by atoms with van der Waals surface area (Å²) in [5.41, 5.74) is 0.362. The topological polar surface area (TPSA) is 44.8 Å². The first kappa shape index (κ1) is 13.3. The summed E-state index contributed by atoms with van der Waals surface area (Å²) in [6, 6.07) is 7.75. The van der Waals surface area contributed by atoms with Crippen LogP contribution in [0.2, 0.25) is 5.82 Å². The second kappa shape index (κ2) is 3.90. The molecule has 0 N–H and O–H groups in total. The summed E-state index contributed by atoms with van der Waals surface area (Å²) in [7, 11) is -0.344. The Morgan fingerprint density at radius 1 is 1.00 bits per heavy atom. The van der Waals surface area contributed by atoms with Gasteiger partial charge in [0.05, 0.1) is 17.1 Å². The van der Waals surface area contributed by atoms with Gasteiger partial charge in [-0.1, -0.05) is 18.2 Å². The van der Waals surface area contributed by atoms with Crippen LogP contribution in [-0.2, 0) is 14.1 Å². The summed E-state index contributed by atoms with van der Waals surface area (Å²) in [5.74, 6) is 0.620. The van der Waals surface area contributed by atoms with Crippen molar-refractivity contribution in [1.82, 2.24) is 0 Å². The molecule has 1 aromatic rings. The summed E-state index contributed by atoms with van der Waals surface area (Å²) in [6.07, 6.45) is 0. The van der Waals surface area contributed by atoms with Crippen molar-refractivity contribution in [2.75, 3.05) is 0 Å². The Morgan fingerprint density at radius 2 is 1.62 bits per heavy atom. The number of esters is 1. The monoisotopic (exact) mass is 286 g/mol. The molecule has 21 heavy (non-hydrogen) atoms. The van der Waals surface area contributed by atoms with Crippen LogP contribution in [0.15, 0.2) is 24.3 Å². The molecule has 3 aliphatic rings. The molecule has 2 aliphatic heterocycles. The molecule has 0 radical (unpaired) electrons. The summed E-state index contributed by atoms with van der Waals surface area (Å²) in [6.45, 7) is 8.13. The van der Waals surface area contributed by atoms with Gasteiger partial charge in [-0.15, -0.1) is 0 Å². The second-order valence-electron chi connectivity index (χ2n) is 7.21. The van der Waals surface area contributed by atoms with Crippen LogP contribution in [0, 0.1) is 5.92 Å². The minimum absolute atomic E-state index is 0.0576. The van der Waals surface area contributed by atoms with E-state index in [0.717, 1.165) is 5.56 Å². The molecule has 1 saturated heterocycles. The first-order chi connectivity index (χ1) is 9.82. The van der Waals surface area contributed by atoms with Crippen molar-refractivity contribution in [2.45, 2.75) is 50.6 Å². The van der Waals surface area contributed by atoms with E-state index in [4.69, 9.17) is 14.0 Å². The standard InChI is InChI=1S/C16H19BO4/c1-15(2)16(3,4)21-17(20-15)13-11-9-7-5-6-8-10(9)19-14(18)12(11)13/h5-8,11-13H,1-4H3/t11-,12+,13-/m0/s1. The summed E-state index contributed by atoms with van der Waals surface area (Å²) < 4.78 is 17.7. The zero-order valence-electron chi connectivity index (χ0n) is 12.8. The molecule has 5 heteroatoms. The number of carbonyl (C=O) groups excluding carboxylic acids is 1. The first-order valence-corrected chi connectivity index (χ1v) is 7.48. The molecule has 1 aliphatic carbocycles. The molecular formula is C16H19BO4. The van der Waals surface area contributed by atoms with E-state index in [-0.39, 0.29) is 41.9 Å². The highest BCUT2D eigenvalue weighted by Gasteiger charge is 2.69. The molecule has 1 aromatic carbocycles. The van der Waals surface area contributed by atoms with Crippen LogP contribution in [0.3, 0.4) is 0 Å². The van der Waals surface area contributed by atoms with Gasteiger partial charge in [0.15, 0.2) is 0 Å². The molecule has 2 heterocycles. The fourth-order valence-corrected chi connectivity index (χ4v) is 3.45.